The van der Waals surface area contributed by atoms with Crippen molar-refractivity contribution in [2.75, 3.05) is 5.75 Å². The number of rotatable bonds is 5. The summed E-state index contributed by atoms with van der Waals surface area (Å²) in [5.74, 6) is 1.08. The van der Waals surface area contributed by atoms with Gasteiger partial charge in [0.15, 0.2) is 0 Å². The van der Waals surface area contributed by atoms with Crippen molar-refractivity contribution in [3.8, 4) is 5.40 Å². The molecule has 1 unspecified atom stereocenters. The number of benzene rings is 1. The topological polar surface area (TPSA) is 23.8 Å². The van der Waals surface area contributed by atoms with Crippen LogP contribution in [0.3, 0.4) is 0 Å². The molecule has 0 spiro atoms. The summed E-state index contributed by atoms with van der Waals surface area (Å²) in [5.41, 5.74) is 1.16. The molecular formula is C12H14FNS. The number of thiocyanates is 1. The molecule has 1 aromatic carbocycles. The Morgan fingerprint density at radius 1 is 1.40 bits per heavy atom. The molecule has 3 heteroatoms. The number of halogens is 1. The SMILES string of the molecule is CCC(CCSC#N)c1ccc(F)cc1. The van der Waals surface area contributed by atoms with E-state index in [1.807, 2.05) is 12.1 Å². The van der Waals surface area contributed by atoms with Crippen LogP contribution in [0.15, 0.2) is 24.3 Å². The van der Waals surface area contributed by atoms with Gasteiger partial charge in [0, 0.05) is 5.75 Å². The van der Waals surface area contributed by atoms with Crippen LogP contribution in [0.25, 0.3) is 0 Å². The van der Waals surface area contributed by atoms with E-state index in [0.29, 0.717) is 5.92 Å². The highest BCUT2D eigenvalue weighted by molar-refractivity contribution is 8.03. The van der Waals surface area contributed by atoms with E-state index in [9.17, 15) is 4.39 Å². The minimum absolute atomic E-state index is 0.194. The highest BCUT2D eigenvalue weighted by Crippen LogP contribution is 2.24. The van der Waals surface area contributed by atoms with Crippen molar-refractivity contribution >= 4 is 11.8 Å². The molecule has 0 heterocycles. The Labute approximate surface area is 94.3 Å². The van der Waals surface area contributed by atoms with Gasteiger partial charge < -0.3 is 0 Å². The third kappa shape index (κ3) is 3.93. The van der Waals surface area contributed by atoms with Crippen molar-refractivity contribution in [2.24, 2.45) is 0 Å². The maximum atomic E-state index is 12.7. The Bertz CT molecular complexity index is 328. The van der Waals surface area contributed by atoms with Crippen molar-refractivity contribution in [1.82, 2.24) is 0 Å². The summed E-state index contributed by atoms with van der Waals surface area (Å²) in [5, 5.41) is 10.5. The molecule has 0 aliphatic rings. The minimum Gasteiger partial charge on any atom is -0.207 e. The summed E-state index contributed by atoms with van der Waals surface area (Å²) in [4.78, 5) is 0. The second-order valence-electron chi connectivity index (χ2n) is 3.39. The van der Waals surface area contributed by atoms with Crippen molar-refractivity contribution in [2.45, 2.75) is 25.7 Å². The van der Waals surface area contributed by atoms with Crippen molar-refractivity contribution in [3.63, 3.8) is 0 Å². The van der Waals surface area contributed by atoms with Gasteiger partial charge in [-0.05, 0) is 48.2 Å². The van der Waals surface area contributed by atoms with E-state index in [4.69, 9.17) is 5.26 Å². The maximum Gasteiger partial charge on any atom is 0.133 e. The molecule has 0 saturated heterocycles. The summed E-state index contributed by atoms with van der Waals surface area (Å²) in [7, 11) is 0. The van der Waals surface area contributed by atoms with Crippen LogP contribution in [-0.4, -0.2) is 5.75 Å². The summed E-state index contributed by atoms with van der Waals surface area (Å²) in [6, 6.07) is 6.66. The summed E-state index contributed by atoms with van der Waals surface area (Å²) in [6.07, 6.45) is 2.00. The van der Waals surface area contributed by atoms with Gasteiger partial charge in [-0.15, -0.1) is 0 Å². The summed E-state index contributed by atoms with van der Waals surface area (Å²) < 4.78 is 12.7. The van der Waals surface area contributed by atoms with E-state index >= 15 is 0 Å². The van der Waals surface area contributed by atoms with Gasteiger partial charge in [0.25, 0.3) is 0 Å². The fraction of sp³-hybridized carbons (Fsp3) is 0.417. The molecule has 0 aromatic heterocycles. The Hall–Kier alpha value is -1.01. The third-order valence-corrected chi connectivity index (χ3v) is 3.04. The van der Waals surface area contributed by atoms with Crippen LogP contribution in [0.5, 0.6) is 0 Å². The fourth-order valence-corrected chi connectivity index (χ4v) is 2.08. The number of nitriles is 1. The lowest BCUT2D eigenvalue weighted by molar-refractivity contribution is 0.617. The molecule has 1 aromatic rings. The molecule has 1 nitrogen and oxygen atoms in total. The van der Waals surface area contributed by atoms with Gasteiger partial charge in [0.2, 0.25) is 0 Å². The first kappa shape index (κ1) is 12.1. The highest BCUT2D eigenvalue weighted by atomic mass is 32.2. The predicted molar refractivity (Wildman–Crippen MR) is 62.1 cm³/mol. The zero-order valence-electron chi connectivity index (χ0n) is 8.74. The standard InChI is InChI=1S/C12H14FNS/c1-2-10(7-8-15-9-14)11-3-5-12(13)6-4-11/h3-6,10H,2,7-8H2,1H3. The predicted octanol–water partition coefficient (Wildman–Crippen LogP) is 3.92. The van der Waals surface area contributed by atoms with E-state index in [-0.39, 0.29) is 5.82 Å². The Kier molecular flexibility index (Phi) is 5.20. The van der Waals surface area contributed by atoms with E-state index in [2.05, 4.69) is 12.3 Å². The van der Waals surface area contributed by atoms with Crippen molar-refractivity contribution in [1.29, 1.82) is 5.26 Å². The zero-order chi connectivity index (χ0) is 11.1. The van der Waals surface area contributed by atoms with Crippen LogP contribution >= 0.6 is 11.8 Å². The lowest BCUT2D eigenvalue weighted by Gasteiger charge is -2.13. The van der Waals surface area contributed by atoms with Crippen LogP contribution in [0.2, 0.25) is 0 Å². The minimum atomic E-state index is -0.194. The van der Waals surface area contributed by atoms with E-state index in [1.165, 1.54) is 23.9 Å². The van der Waals surface area contributed by atoms with Crippen molar-refractivity contribution < 1.29 is 4.39 Å². The molecule has 0 radical (unpaired) electrons. The molecule has 0 bridgehead atoms. The number of hydrogen-bond acceptors (Lipinski definition) is 2. The molecule has 0 aliphatic carbocycles. The van der Waals surface area contributed by atoms with Gasteiger partial charge in [0.1, 0.15) is 11.2 Å². The maximum absolute atomic E-state index is 12.7. The highest BCUT2D eigenvalue weighted by Gasteiger charge is 2.08. The quantitative estimate of drug-likeness (QED) is 0.558. The smallest absolute Gasteiger partial charge is 0.133 e. The lowest BCUT2D eigenvalue weighted by atomic mass is 9.94. The number of thioether (sulfide) groups is 1. The molecular weight excluding hydrogens is 209 g/mol. The molecule has 0 N–H and O–H groups in total. The second kappa shape index (κ2) is 6.47. The molecule has 0 amide bonds. The molecule has 0 saturated carbocycles. The van der Waals surface area contributed by atoms with Gasteiger partial charge in [0.05, 0.1) is 0 Å². The summed E-state index contributed by atoms with van der Waals surface area (Å²) >= 11 is 1.28. The van der Waals surface area contributed by atoms with Crippen molar-refractivity contribution in [3.05, 3.63) is 35.6 Å². The number of hydrogen-bond donors (Lipinski definition) is 0. The van der Waals surface area contributed by atoms with Gasteiger partial charge in [-0.25, -0.2) is 4.39 Å². The molecule has 80 valence electrons. The summed E-state index contributed by atoms with van der Waals surface area (Å²) in [6.45, 7) is 2.12. The van der Waals surface area contributed by atoms with Crippen LogP contribution in [-0.2, 0) is 0 Å². The van der Waals surface area contributed by atoms with Gasteiger partial charge in [-0.1, -0.05) is 19.1 Å². The largest absolute Gasteiger partial charge is 0.207 e. The van der Waals surface area contributed by atoms with E-state index < -0.39 is 0 Å². The monoisotopic (exact) mass is 223 g/mol. The first-order valence-corrected chi connectivity index (χ1v) is 6.02. The average Bonchev–Trinajstić information content (AvgIpc) is 2.26. The van der Waals surface area contributed by atoms with Gasteiger partial charge in [-0.2, -0.15) is 5.26 Å². The van der Waals surface area contributed by atoms with E-state index in [0.717, 1.165) is 24.2 Å². The first-order valence-electron chi connectivity index (χ1n) is 5.04. The number of nitrogens with zero attached hydrogens (tertiary/aromatic N) is 1. The van der Waals surface area contributed by atoms with Gasteiger partial charge in [-0.3, -0.25) is 0 Å². The van der Waals surface area contributed by atoms with Crippen LogP contribution in [0.1, 0.15) is 31.2 Å². The zero-order valence-corrected chi connectivity index (χ0v) is 9.56. The Morgan fingerprint density at radius 2 is 2.07 bits per heavy atom. The molecule has 0 fully saturated rings. The average molecular weight is 223 g/mol. The fourth-order valence-electron chi connectivity index (χ4n) is 1.59. The van der Waals surface area contributed by atoms with Crippen LogP contribution < -0.4 is 0 Å². The van der Waals surface area contributed by atoms with Crippen LogP contribution in [0, 0.1) is 16.5 Å². The molecule has 0 aliphatic heterocycles. The Balaban J connectivity index is 2.58. The molecule has 15 heavy (non-hydrogen) atoms. The van der Waals surface area contributed by atoms with Crippen LogP contribution in [0.4, 0.5) is 4.39 Å². The normalized spacial score (nSPS) is 12.1. The molecule has 1 rings (SSSR count). The van der Waals surface area contributed by atoms with E-state index in [1.54, 1.807) is 0 Å². The van der Waals surface area contributed by atoms with Gasteiger partial charge >= 0.3 is 0 Å². The second-order valence-corrected chi connectivity index (χ2v) is 4.26. The lowest BCUT2D eigenvalue weighted by Crippen LogP contribution is -1.98. The molecule has 1 atom stereocenters. The Morgan fingerprint density at radius 3 is 2.60 bits per heavy atom. The third-order valence-electron chi connectivity index (χ3n) is 2.47. The first-order chi connectivity index (χ1) is 7.27.